The van der Waals surface area contributed by atoms with E-state index in [0.29, 0.717) is 24.6 Å². The molecule has 1 aromatic carbocycles. The number of carbonyl (C=O) groups is 1. The van der Waals surface area contributed by atoms with Crippen LogP contribution in [0.25, 0.3) is 6.08 Å². The molecule has 2 aliphatic heterocycles. The quantitative estimate of drug-likeness (QED) is 0.444. The lowest BCUT2D eigenvalue weighted by atomic mass is 9.78. The van der Waals surface area contributed by atoms with Gasteiger partial charge in [-0.3, -0.25) is 0 Å². The molecule has 0 aromatic heterocycles. The third-order valence-electron chi connectivity index (χ3n) is 7.42. The standard InChI is InChI=1S/C29H46BNO6/c1-26(2,3)19-27(4,5)35-25(32)31-14-12-20(13-15-31)16-22-23(33-10)17-21(18-24(22)34-11)30-36-28(6,7)29(8,9)37-30/h16-18H,12-15,19H2,1-11H3. The molecule has 0 saturated carbocycles. The summed E-state index contributed by atoms with van der Waals surface area (Å²) in [6.45, 7) is 19.8. The molecule has 0 aliphatic carbocycles. The van der Waals surface area contributed by atoms with Crippen molar-refractivity contribution in [3.05, 3.63) is 23.3 Å². The summed E-state index contributed by atoms with van der Waals surface area (Å²) in [4.78, 5) is 14.6. The van der Waals surface area contributed by atoms with Gasteiger partial charge in [0, 0.05) is 13.1 Å². The largest absolute Gasteiger partial charge is 0.496 e. The average molecular weight is 516 g/mol. The van der Waals surface area contributed by atoms with Gasteiger partial charge in [-0.25, -0.2) is 4.79 Å². The molecule has 1 aromatic rings. The molecule has 7 nitrogen and oxygen atoms in total. The number of hydrogen-bond donors (Lipinski definition) is 0. The molecule has 0 radical (unpaired) electrons. The molecule has 2 aliphatic rings. The van der Waals surface area contributed by atoms with Crippen molar-refractivity contribution in [2.75, 3.05) is 27.3 Å². The van der Waals surface area contributed by atoms with Gasteiger partial charge in [-0.05, 0) is 89.9 Å². The minimum Gasteiger partial charge on any atom is -0.496 e. The normalized spacial score (nSPS) is 19.6. The second-order valence-corrected chi connectivity index (χ2v) is 13.1. The Bertz CT molecular complexity index is 973. The van der Waals surface area contributed by atoms with Crippen molar-refractivity contribution in [1.29, 1.82) is 0 Å². The number of piperidine rings is 1. The molecule has 2 fully saturated rings. The third kappa shape index (κ3) is 7.02. The lowest BCUT2D eigenvalue weighted by Gasteiger charge is -2.35. The molecular formula is C29H46BNO6. The van der Waals surface area contributed by atoms with Gasteiger partial charge in [-0.2, -0.15) is 0 Å². The molecule has 0 bridgehead atoms. The van der Waals surface area contributed by atoms with Crippen molar-refractivity contribution in [3.8, 4) is 11.5 Å². The van der Waals surface area contributed by atoms with E-state index in [1.165, 1.54) is 5.57 Å². The average Bonchev–Trinajstić information content (AvgIpc) is 2.99. The topological polar surface area (TPSA) is 66.5 Å². The molecule has 0 unspecified atom stereocenters. The molecule has 0 atom stereocenters. The van der Waals surface area contributed by atoms with Gasteiger partial charge in [-0.15, -0.1) is 0 Å². The Hall–Kier alpha value is -2.19. The molecule has 37 heavy (non-hydrogen) atoms. The summed E-state index contributed by atoms with van der Waals surface area (Å²) in [6.07, 6.45) is 4.21. The molecule has 8 heteroatoms. The van der Waals surface area contributed by atoms with E-state index in [0.717, 1.165) is 30.3 Å². The van der Waals surface area contributed by atoms with E-state index in [4.69, 9.17) is 23.5 Å². The highest BCUT2D eigenvalue weighted by atomic mass is 16.7. The minimum absolute atomic E-state index is 0.0810. The number of carbonyl (C=O) groups excluding carboxylic acids is 1. The van der Waals surface area contributed by atoms with Gasteiger partial charge >= 0.3 is 13.2 Å². The second kappa shape index (κ2) is 10.5. The van der Waals surface area contributed by atoms with E-state index in [9.17, 15) is 4.79 Å². The predicted octanol–water partition coefficient (Wildman–Crippen LogP) is 5.83. The Kier molecular flexibility index (Phi) is 8.36. The van der Waals surface area contributed by atoms with Crippen LogP contribution in [0.5, 0.6) is 11.5 Å². The van der Waals surface area contributed by atoms with Gasteiger partial charge in [0.15, 0.2) is 0 Å². The van der Waals surface area contributed by atoms with Crippen LogP contribution in [0.4, 0.5) is 4.79 Å². The molecule has 3 rings (SSSR count). The van der Waals surface area contributed by atoms with Crippen LogP contribution in [0.1, 0.15) is 87.1 Å². The number of rotatable bonds is 6. The van der Waals surface area contributed by atoms with Crippen LogP contribution in [-0.2, 0) is 14.0 Å². The first-order valence-electron chi connectivity index (χ1n) is 13.3. The van der Waals surface area contributed by atoms with Gasteiger partial charge in [0.1, 0.15) is 17.1 Å². The summed E-state index contributed by atoms with van der Waals surface area (Å²) in [5, 5.41) is 0. The van der Waals surface area contributed by atoms with E-state index in [-0.39, 0.29) is 11.5 Å². The maximum absolute atomic E-state index is 12.8. The summed E-state index contributed by atoms with van der Waals surface area (Å²) in [6, 6.07) is 3.92. The first kappa shape index (κ1) is 29.4. The van der Waals surface area contributed by atoms with Crippen molar-refractivity contribution >= 4 is 24.8 Å². The smallest absolute Gasteiger partial charge is 0.495 e. The minimum atomic E-state index is -0.509. The fourth-order valence-corrected chi connectivity index (χ4v) is 5.16. The van der Waals surface area contributed by atoms with Crippen LogP contribution >= 0.6 is 0 Å². The van der Waals surface area contributed by atoms with Crippen LogP contribution in [0, 0.1) is 5.41 Å². The van der Waals surface area contributed by atoms with Gasteiger partial charge in [0.2, 0.25) is 0 Å². The Morgan fingerprint density at radius 3 is 1.89 bits per heavy atom. The number of likely N-dealkylation sites (tertiary alicyclic amines) is 1. The Balaban J connectivity index is 1.74. The fraction of sp³-hybridized carbons (Fsp3) is 0.690. The molecule has 2 heterocycles. The Morgan fingerprint density at radius 1 is 0.973 bits per heavy atom. The third-order valence-corrected chi connectivity index (χ3v) is 7.42. The van der Waals surface area contributed by atoms with Crippen molar-refractivity contribution in [1.82, 2.24) is 4.90 Å². The zero-order chi connectivity index (χ0) is 27.8. The maximum Gasteiger partial charge on any atom is 0.495 e. The van der Waals surface area contributed by atoms with E-state index in [2.05, 4.69) is 26.8 Å². The number of amides is 1. The number of benzene rings is 1. The first-order valence-corrected chi connectivity index (χ1v) is 13.3. The van der Waals surface area contributed by atoms with Crippen LogP contribution in [-0.4, -0.2) is 62.2 Å². The number of nitrogens with zero attached hydrogens (tertiary/aromatic N) is 1. The second-order valence-electron chi connectivity index (χ2n) is 13.1. The molecular weight excluding hydrogens is 469 g/mol. The summed E-state index contributed by atoms with van der Waals surface area (Å²) in [5.41, 5.74) is 1.67. The van der Waals surface area contributed by atoms with Crippen LogP contribution in [0.2, 0.25) is 0 Å². The maximum atomic E-state index is 12.8. The van der Waals surface area contributed by atoms with Gasteiger partial charge in [0.25, 0.3) is 0 Å². The van der Waals surface area contributed by atoms with Gasteiger partial charge in [0.05, 0.1) is 31.0 Å². The highest BCUT2D eigenvalue weighted by molar-refractivity contribution is 6.62. The van der Waals surface area contributed by atoms with E-state index in [1.807, 2.05) is 53.7 Å². The van der Waals surface area contributed by atoms with Gasteiger partial charge < -0.3 is 28.4 Å². The monoisotopic (exact) mass is 515 g/mol. The van der Waals surface area contributed by atoms with Crippen molar-refractivity contribution in [2.24, 2.45) is 5.41 Å². The molecule has 0 spiro atoms. The van der Waals surface area contributed by atoms with Gasteiger partial charge in [-0.1, -0.05) is 26.3 Å². The zero-order valence-corrected chi connectivity index (χ0v) is 24.7. The molecule has 0 N–H and O–H groups in total. The Morgan fingerprint density at radius 2 is 1.46 bits per heavy atom. The van der Waals surface area contributed by atoms with Crippen LogP contribution < -0.4 is 14.9 Å². The van der Waals surface area contributed by atoms with Crippen molar-refractivity contribution < 1.29 is 28.3 Å². The summed E-state index contributed by atoms with van der Waals surface area (Å²) < 4.78 is 29.9. The van der Waals surface area contributed by atoms with E-state index in [1.54, 1.807) is 19.1 Å². The lowest BCUT2D eigenvalue weighted by Crippen LogP contribution is -2.42. The number of methoxy groups -OCH3 is 2. The van der Waals surface area contributed by atoms with Crippen LogP contribution in [0.15, 0.2) is 17.7 Å². The SMILES string of the molecule is COc1cc(B2OC(C)(C)C(C)(C)O2)cc(OC)c1C=C1CCN(C(=O)OC(C)(C)CC(C)(C)C)CC1. The van der Waals surface area contributed by atoms with Crippen molar-refractivity contribution in [3.63, 3.8) is 0 Å². The highest BCUT2D eigenvalue weighted by Crippen LogP contribution is 2.38. The summed E-state index contributed by atoms with van der Waals surface area (Å²) >= 11 is 0. The van der Waals surface area contributed by atoms with Crippen LogP contribution in [0.3, 0.4) is 0 Å². The van der Waals surface area contributed by atoms with Crippen molar-refractivity contribution in [2.45, 2.75) is 98.4 Å². The predicted molar refractivity (Wildman–Crippen MR) is 149 cm³/mol. The number of ether oxygens (including phenoxy) is 3. The Labute approximate surface area is 224 Å². The molecule has 2 saturated heterocycles. The molecule has 1 amide bonds. The van der Waals surface area contributed by atoms with E-state index < -0.39 is 23.9 Å². The molecule has 206 valence electrons. The fourth-order valence-electron chi connectivity index (χ4n) is 5.16. The van der Waals surface area contributed by atoms with E-state index >= 15 is 0 Å². The lowest BCUT2D eigenvalue weighted by molar-refractivity contribution is -0.0106. The number of hydrogen-bond acceptors (Lipinski definition) is 6. The summed E-state index contributed by atoms with van der Waals surface area (Å²) in [5.74, 6) is 1.39. The first-order chi connectivity index (χ1) is 17.0. The highest BCUT2D eigenvalue weighted by Gasteiger charge is 2.52. The zero-order valence-electron chi connectivity index (χ0n) is 24.7. The summed E-state index contributed by atoms with van der Waals surface area (Å²) in [7, 11) is 2.80.